The normalized spacial score (nSPS) is 32.1. The molecule has 7 rings (SSSR count). The summed E-state index contributed by atoms with van der Waals surface area (Å²) in [7, 11) is 0. The molecule has 2 heterocycles. The Labute approximate surface area is 201 Å². The van der Waals surface area contributed by atoms with E-state index in [1.165, 1.54) is 37.7 Å². The van der Waals surface area contributed by atoms with Gasteiger partial charge in [-0.2, -0.15) is 10.2 Å². The number of nitrogens with two attached hydrogens (primary N) is 1. The number of nitrogens with one attached hydrogen (secondary N) is 2. The molecule has 4 aliphatic carbocycles. The predicted octanol–water partition coefficient (Wildman–Crippen LogP) is 4.24. The van der Waals surface area contributed by atoms with Crippen LogP contribution in [0.2, 0.25) is 0 Å². The molecule has 5 atom stereocenters. The summed E-state index contributed by atoms with van der Waals surface area (Å²) in [5.74, 6) is 4.24. The number of para-hydroxylation sites is 1. The van der Waals surface area contributed by atoms with E-state index in [9.17, 15) is 5.26 Å². The largest absolute Gasteiger partial charge is 0.487 e. The van der Waals surface area contributed by atoms with E-state index in [0.29, 0.717) is 41.8 Å². The topological polar surface area (TPSA) is 109 Å². The molecule has 1 aliphatic heterocycles. The van der Waals surface area contributed by atoms with Crippen LogP contribution in [0.4, 0.5) is 11.8 Å². The van der Waals surface area contributed by atoms with Gasteiger partial charge in [0.15, 0.2) is 0 Å². The van der Waals surface area contributed by atoms with Crippen molar-refractivity contribution in [1.82, 2.24) is 9.97 Å². The average Bonchev–Trinajstić information content (AvgIpc) is 3.13. The Kier molecular flexibility index (Phi) is 5.00. The lowest BCUT2D eigenvalue weighted by Crippen LogP contribution is -2.58. The molecule has 4 N–H and O–H groups in total. The molecule has 2 aromatic rings. The monoisotopic (exact) mass is 458 g/mol. The highest BCUT2D eigenvalue weighted by Crippen LogP contribution is 2.59. The fourth-order valence-electron chi connectivity index (χ4n) is 7.40. The van der Waals surface area contributed by atoms with Crippen molar-refractivity contribution in [1.29, 1.82) is 5.26 Å². The van der Waals surface area contributed by atoms with Crippen LogP contribution in [-0.4, -0.2) is 28.2 Å². The van der Waals surface area contributed by atoms with Crippen LogP contribution in [0.1, 0.15) is 62.6 Å². The first-order valence-corrected chi connectivity index (χ1v) is 12.6. The highest BCUT2D eigenvalue weighted by atomic mass is 16.5. The molecule has 5 aliphatic rings. The Bertz CT molecular complexity index is 1140. The number of ether oxygens (including phenoxy) is 1. The third-order valence-corrected chi connectivity index (χ3v) is 8.62. The minimum atomic E-state index is -0.179. The molecule has 0 saturated heterocycles. The molecule has 4 bridgehead atoms. The van der Waals surface area contributed by atoms with E-state index in [0.717, 1.165) is 30.2 Å². The van der Waals surface area contributed by atoms with Crippen LogP contribution in [0.15, 0.2) is 24.4 Å². The van der Waals surface area contributed by atoms with Crippen molar-refractivity contribution >= 4 is 11.8 Å². The van der Waals surface area contributed by atoms with Crippen LogP contribution in [0.5, 0.6) is 5.75 Å². The summed E-state index contributed by atoms with van der Waals surface area (Å²) in [5, 5.41) is 16.5. The fourth-order valence-corrected chi connectivity index (χ4v) is 7.40. The molecule has 7 nitrogen and oxygen atoms in total. The second-order valence-corrected chi connectivity index (χ2v) is 11.8. The maximum Gasteiger partial charge on any atom is 0.224 e. The Morgan fingerprint density at radius 1 is 1.18 bits per heavy atom. The minimum absolute atomic E-state index is 0.179. The number of hydrogen-bond acceptors (Lipinski definition) is 7. The van der Waals surface area contributed by atoms with Gasteiger partial charge in [0.2, 0.25) is 5.95 Å². The summed E-state index contributed by atoms with van der Waals surface area (Å²) in [6.45, 7) is 5.65. The van der Waals surface area contributed by atoms with Crippen molar-refractivity contribution in [2.45, 2.75) is 70.6 Å². The zero-order valence-electron chi connectivity index (χ0n) is 20.1. The van der Waals surface area contributed by atoms with E-state index in [2.05, 4.69) is 53.7 Å². The molecule has 1 unspecified atom stereocenters. The first-order valence-electron chi connectivity index (χ1n) is 12.6. The quantitative estimate of drug-likeness (QED) is 0.594. The lowest BCUT2D eigenvalue weighted by Gasteiger charge is -2.59. The van der Waals surface area contributed by atoms with Gasteiger partial charge in [-0.1, -0.05) is 18.2 Å². The Hall–Kier alpha value is -2.85. The summed E-state index contributed by atoms with van der Waals surface area (Å²) < 4.78 is 6.19. The maximum atomic E-state index is 9.64. The van der Waals surface area contributed by atoms with Gasteiger partial charge < -0.3 is 21.1 Å². The molecule has 0 radical (unpaired) electrons. The maximum absolute atomic E-state index is 9.64. The molecule has 178 valence electrons. The molecule has 0 amide bonds. The van der Waals surface area contributed by atoms with E-state index in [4.69, 9.17) is 15.5 Å². The number of aromatic nitrogens is 2. The summed E-state index contributed by atoms with van der Waals surface area (Å²) in [5.41, 5.74) is 9.45. The Morgan fingerprint density at radius 2 is 1.97 bits per heavy atom. The van der Waals surface area contributed by atoms with E-state index in [1.54, 1.807) is 6.20 Å². The molecular formula is C27H34N6O. The Balaban J connectivity index is 1.16. The summed E-state index contributed by atoms with van der Waals surface area (Å²) >= 11 is 0. The second kappa shape index (κ2) is 7.84. The standard InChI is InChI=1S/C27H34N6O/c1-26(2)9-17-4-3-5-18(23(17)34-26)13-30-25-31-14-21(12-28)24(33-25)32-15-27-8-16-6-19(10-27)22(29)20(7-16)11-27/h3-5,14,16,19-20,22H,6-11,13,15,29H2,1-2H3,(H2,30,31,32,33)/t16?,19-,20+,22-,27-. The van der Waals surface area contributed by atoms with Crippen molar-refractivity contribution in [2.24, 2.45) is 28.9 Å². The number of hydrogen-bond donors (Lipinski definition) is 3. The van der Waals surface area contributed by atoms with Gasteiger partial charge in [0, 0.05) is 31.1 Å². The molecule has 34 heavy (non-hydrogen) atoms. The molecule has 4 fully saturated rings. The van der Waals surface area contributed by atoms with E-state index in [1.807, 2.05) is 0 Å². The summed E-state index contributed by atoms with van der Waals surface area (Å²) in [4.78, 5) is 9.08. The minimum Gasteiger partial charge on any atom is -0.487 e. The predicted molar refractivity (Wildman–Crippen MR) is 131 cm³/mol. The third kappa shape index (κ3) is 3.78. The lowest BCUT2D eigenvalue weighted by atomic mass is 9.48. The molecule has 1 aromatic heterocycles. The molecule has 4 saturated carbocycles. The summed E-state index contributed by atoms with van der Waals surface area (Å²) in [6.07, 6.45) is 8.79. The van der Waals surface area contributed by atoms with Gasteiger partial charge in [0.1, 0.15) is 28.8 Å². The van der Waals surface area contributed by atoms with Crippen LogP contribution in [-0.2, 0) is 13.0 Å². The zero-order valence-corrected chi connectivity index (χ0v) is 20.1. The highest BCUT2D eigenvalue weighted by Gasteiger charge is 2.54. The highest BCUT2D eigenvalue weighted by molar-refractivity contribution is 5.54. The molecular weight excluding hydrogens is 424 g/mol. The van der Waals surface area contributed by atoms with E-state index >= 15 is 0 Å². The average molecular weight is 459 g/mol. The van der Waals surface area contributed by atoms with Crippen LogP contribution in [0.3, 0.4) is 0 Å². The number of fused-ring (bicyclic) bond motifs is 1. The van der Waals surface area contributed by atoms with Crippen molar-refractivity contribution in [3.05, 3.63) is 41.1 Å². The lowest BCUT2D eigenvalue weighted by molar-refractivity contribution is -0.0591. The smallest absolute Gasteiger partial charge is 0.224 e. The zero-order chi connectivity index (χ0) is 23.5. The molecule has 7 heteroatoms. The van der Waals surface area contributed by atoms with Gasteiger partial charge in [0.05, 0.1) is 6.20 Å². The van der Waals surface area contributed by atoms with Crippen molar-refractivity contribution in [3.8, 4) is 11.8 Å². The van der Waals surface area contributed by atoms with Gasteiger partial charge in [-0.05, 0) is 74.7 Å². The number of rotatable bonds is 6. The number of benzene rings is 1. The Morgan fingerprint density at radius 3 is 2.74 bits per heavy atom. The summed E-state index contributed by atoms with van der Waals surface area (Å²) in [6, 6.07) is 8.91. The third-order valence-electron chi connectivity index (χ3n) is 8.62. The van der Waals surface area contributed by atoms with Crippen LogP contribution >= 0.6 is 0 Å². The molecule has 0 spiro atoms. The van der Waals surface area contributed by atoms with Gasteiger partial charge in [-0.15, -0.1) is 0 Å². The van der Waals surface area contributed by atoms with Crippen molar-refractivity contribution in [2.75, 3.05) is 17.2 Å². The van der Waals surface area contributed by atoms with Gasteiger partial charge in [-0.3, -0.25) is 0 Å². The van der Waals surface area contributed by atoms with Crippen molar-refractivity contribution < 1.29 is 4.74 Å². The van der Waals surface area contributed by atoms with Gasteiger partial charge in [-0.25, -0.2) is 4.98 Å². The van der Waals surface area contributed by atoms with Crippen molar-refractivity contribution in [3.63, 3.8) is 0 Å². The number of nitriles is 1. The fraction of sp³-hybridized carbons (Fsp3) is 0.593. The van der Waals surface area contributed by atoms with Crippen LogP contribution < -0.4 is 21.1 Å². The van der Waals surface area contributed by atoms with E-state index in [-0.39, 0.29) is 11.0 Å². The first kappa shape index (κ1) is 21.7. The molecule has 1 aromatic carbocycles. The first-order chi connectivity index (χ1) is 16.3. The second-order valence-electron chi connectivity index (χ2n) is 11.8. The van der Waals surface area contributed by atoms with E-state index < -0.39 is 0 Å². The number of anilines is 2. The SMILES string of the molecule is CC1(C)Cc2cccc(CNc3ncc(C#N)c(NC[C@]45CC6C[C@H](C4)[C@@H](N)[C@@H](C6)C5)n3)c2O1. The van der Waals surface area contributed by atoms with Gasteiger partial charge in [0.25, 0.3) is 0 Å². The number of nitrogens with zero attached hydrogens (tertiary/aromatic N) is 3. The van der Waals surface area contributed by atoms with Crippen LogP contribution in [0.25, 0.3) is 0 Å². The van der Waals surface area contributed by atoms with Gasteiger partial charge >= 0.3 is 0 Å². The van der Waals surface area contributed by atoms with Crippen LogP contribution in [0, 0.1) is 34.5 Å².